The van der Waals surface area contributed by atoms with Gasteiger partial charge in [-0.2, -0.15) is 0 Å². The zero-order chi connectivity index (χ0) is 18.3. The molecule has 0 amide bonds. The summed E-state index contributed by atoms with van der Waals surface area (Å²) in [5, 5.41) is 0. The number of aromatic amines is 1. The SMILES string of the molecule is O=c1[nH]c(-c2ccco2)nc2c1CN(Cc1cc(F)c(F)c(F)c1)CC2. The predicted molar refractivity (Wildman–Crippen MR) is 86.7 cm³/mol. The first-order valence-corrected chi connectivity index (χ1v) is 8.03. The summed E-state index contributed by atoms with van der Waals surface area (Å²) in [5.74, 6) is -3.08. The largest absolute Gasteiger partial charge is 0.461 e. The van der Waals surface area contributed by atoms with Crippen LogP contribution in [0.15, 0.2) is 39.7 Å². The van der Waals surface area contributed by atoms with Crippen LogP contribution in [0.3, 0.4) is 0 Å². The van der Waals surface area contributed by atoms with Gasteiger partial charge in [-0.3, -0.25) is 9.69 Å². The minimum Gasteiger partial charge on any atom is -0.461 e. The van der Waals surface area contributed by atoms with Crippen molar-refractivity contribution in [3.05, 3.63) is 75.2 Å². The van der Waals surface area contributed by atoms with Gasteiger partial charge in [-0.1, -0.05) is 0 Å². The van der Waals surface area contributed by atoms with E-state index in [9.17, 15) is 18.0 Å². The Hall–Kier alpha value is -2.87. The molecule has 0 atom stereocenters. The Morgan fingerprint density at radius 2 is 2.00 bits per heavy atom. The van der Waals surface area contributed by atoms with Crippen molar-refractivity contribution in [1.82, 2.24) is 14.9 Å². The molecule has 1 aliphatic heterocycles. The highest BCUT2D eigenvalue weighted by Crippen LogP contribution is 2.21. The lowest BCUT2D eigenvalue weighted by Crippen LogP contribution is -2.35. The molecule has 0 unspecified atom stereocenters. The highest BCUT2D eigenvalue weighted by Gasteiger charge is 2.23. The third-order valence-electron chi connectivity index (χ3n) is 4.35. The fourth-order valence-electron chi connectivity index (χ4n) is 3.10. The van der Waals surface area contributed by atoms with Crippen molar-refractivity contribution in [3.63, 3.8) is 0 Å². The fourth-order valence-corrected chi connectivity index (χ4v) is 3.10. The zero-order valence-corrected chi connectivity index (χ0v) is 13.6. The van der Waals surface area contributed by atoms with Gasteiger partial charge in [-0.05, 0) is 29.8 Å². The second-order valence-corrected chi connectivity index (χ2v) is 6.15. The average molecular weight is 361 g/mol. The van der Waals surface area contributed by atoms with Gasteiger partial charge in [0.2, 0.25) is 0 Å². The number of nitrogens with zero attached hydrogens (tertiary/aromatic N) is 2. The number of nitrogens with one attached hydrogen (secondary N) is 1. The molecule has 3 aromatic rings. The van der Waals surface area contributed by atoms with Gasteiger partial charge >= 0.3 is 0 Å². The number of halogens is 3. The first kappa shape index (κ1) is 16.6. The first-order chi connectivity index (χ1) is 12.5. The van der Waals surface area contributed by atoms with Crippen LogP contribution in [0.4, 0.5) is 13.2 Å². The number of benzene rings is 1. The summed E-state index contributed by atoms with van der Waals surface area (Å²) in [5.41, 5.74) is 1.21. The molecule has 2 aromatic heterocycles. The maximum Gasteiger partial charge on any atom is 0.256 e. The quantitative estimate of drug-likeness (QED) is 0.729. The minimum atomic E-state index is -1.48. The van der Waals surface area contributed by atoms with E-state index in [1.165, 1.54) is 6.26 Å². The van der Waals surface area contributed by atoms with Crippen molar-refractivity contribution in [3.8, 4) is 11.6 Å². The predicted octanol–water partition coefficient (Wildman–Crippen LogP) is 3.01. The average Bonchev–Trinajstić information content (AvgIpc) is 3.14. The Labute approximate surface area is 146 Å². The van der Waals surface area contributed by atoms with Crippen LogP contribution in [-0.4, -0.2) is 21.4 Å². The van der Waals surface area contributed by atoms with E-state index >= 15 is 0 Å². The Bertz CT molecular complexity index is 992. The van der Waals surface area contributed by atoms with Crippen molar-refractivity contribution >= 4 is 0 Å². The number of rotatable bonds is 3. The molecule has 1 aliphatic rings. The van der Waals surface area contributed by atoms with Gasteiger partial charge in [0.25, 0.3) is 5.56 Å². The highest BCUT2D eigenvalue weighted by molar-refractivity contribution is 5.47. The molecule has 0 fully saturated rings. The topological polar surface area (TPSA) is 62.1 Å². The second-order valence-electron chi connectivity index (χ2n) is 6.15. The molecular weight excluding hydrogens is 347 g/mol. The van der Waals surface area contributed by atoms with Crippen LogP contribution in [0.5, 0.6) is 0 Å². The molecule has 0 radical (unpaired) electrons. The van der Waals surface area contributed by atoms with Crippen LogP contribution in [-0.2, 0) is 19.5 Å². The molecule has 8 heteroatoms. The Balaban J connectivity index is 1.58. The van der Waals surface area contributed by atoms with E-state index in [1.54, 1.807) is 12.1 Å². The standard InChI is InChI=1S/C18H14F3N3O2/c19-12-6-10(7-13(20)16(12)21)8-24-4-3-14-11(9-24)18(25)23-17(22-14)15-2-1-5-26-15/h1-2,5-7H,3-4,8-9H2,(H,22,23,25). The van der Waals surface area contributed by atoms with Crippen molar-refractivity contribution < 1.29 is 17.6 Å². The van der Waals surface area contributed by atoms with E-state index in [4.69, 9.17) is 4.42 Å². The molecule has 0 saturated carbocycles. The van der Waals surface area contributed by atoms with Gasteiger partial charge in [-0.15, -0.1) is 0 Å². The van der Waals surface area contributed by atoms with E-state index in [1.807, 2.05) is 4.90 Å². The van der Waals surface area contributed by atoms with Crippen LogP contribution in [0.2, 0.25) is 0 Å². The van der Waals surface area contributed by atoms with Crippen molar-refractivity contribution in [1.29, 1.82) is 0 Å². The Kier molecular flexibility index (Phi) is 4.12. The lowest BCUT2D eigenvalue weighted by atomic mass is 10.1. The summed E-state index contributed by atoms with van der Waals surface area (Å²) in [6, 6.07) is 5.35. The summed E-state index contributed by atoms with van der Waals surface area (Å²) in [6.45, 7) is 1.05. The lowest BCUT2D eigenvalue weighted by Gasteiger charge is -2.27. The van der Waals surface area contributed by atoms with Gasteiger partial charge in [0.1, 0.15) is 0 Å². The summed E-state index contributed by atoms with van der Waals surface area (Å²) in [6.07, 6.45) is 2.01. The Morgan fingerprint density at radius 3 is 2.69 bits per heavy atom. The number of hydrogen-bond donors (Lipinski definition) is 1. The van der Waals surface area contributed by atoms with Crippen molar-refractivity contribution in [2.75, 3.05) is 6.54 Å². The monoisotopic (exact) mass is 361 g/mol. The van der Waals surface area contributed by atoms with Crippen LogP contribution >= 0.6 is 0 Å². The minimum absolute atomic E-state index is 0.201. The second kappa shape index (κ2) is 6.45. The molecule has 0 aliphatic carbocycles. The fraction of sp³-hybridized carbons (Fsp3) is 0.222. The number of hydrogen-bond acceptors (Lipinski definition) is 4. The van der Waals surface area contributed by atoms with Crippen LogP contribution in [0.1, 0.15) is 16.8 Å². The maximum absolute atomic E-state index is 13.4. The highest BCUT2D eigenvalue weighted by atomic mass is 19.2. The maximum atomic E-state index is 13.4. The third kappa shape index (κ3) is 3.03. The van der Waals surface area contributed by atoms with Gasteiger partial charge in [0.15, 0.2) is 29.0 Å². The number of fused-ring (bicyclic) bond motifs is 1. The van der Waals surface area contributed by atoms with E-state index in [2.05, 4.69) is 9.97 Å². The third-order valence-corrected chi connectivity index (χ3v) is 4.35. The summed E-state index contributed by atoms with van der Waals surface area (Å²) in [7, 11) is 0. The summed E-state index contributed by atoms with van der Waals surface area (Å²) >= 11 is 0. The van der Waals surface area contributed by atoms with Gasteiger partial charge < -0.3 is 9.40 Å². The molecule has 1 aromatic carbocycles. The van der Waals surface area contributed by atoms with Crippen molar-refractivity contribution in [2.24, 2.45) is 0 Å². The number of aromatic nitrogens is 2. The zero-order valence-electron chi connectivity index (χ0n) is 13.6. The lowest BCUT2D eigenvalue weighted by molar-refractivity contribution is 0.240. The van der Waals surface area contributed by atoms with Crippen LogP contribution < -0.4 is 5.56 Å². The number of furan rings is 1. The van der Waals surface area contributed by atoms with Crippen LogP contribution in [0, 0.1) is 17.5 Å². The first-order valence-electron chi connectivity index (χ1n) is 8.03. The molecule has 5 nitrogen and oxygen atoms in total. The molecule has 4 rings (SSSR count). The van der Waals surface area contributed by atoms with Gasteiger partial charge in [-0.25, -0.2) is 18.2 Å². The molecule has 26 heavy (non-hydrogen) atoms. The Morgan fingerprint density at radius 1 is 1.23 bits per heavy atom. The number of H-pyrrole nitrogens is 1. The summed E-state index contributed by atoms with van der Waals surface area (Å²) < 4.78 is 45.1. The smallest absolute Gasteiger partial charge is 0.256 e. The van der Waals surface area contributed by atoms with Crippen LogP contribution in [0.25, 0.3) is 11.6 Å². The van der Waals surface area contributed by atoms with E-state index in [0.29, 0.717) is 41.4 Å². The van der Waals surface area contributed by atoms with E-state index < -0.39 is 17.5 Å². The van der Waals surface area contributed by atoms with E-state index in [-0.39, 0.29) is 18.6 Å². The molecule has 0 bridgehead atoms. The molecule has 134 valence electrons. The molecular formula is C18H14F3N3O2. The summed E-state index contributed by atoms with van der Waals surface area (Å²) in [4.78, 5) is 21.4. The van der Waals surface area contributed by atoms with Gasteiger partial charge in [0, 0.05) is 26.1 Å². The normalized spacial score (nSPS) is 14.4. The molecule has 3 heterocycles. The molecule has 0 spiro atoms. The van der Waals surface area contributed by atoms with Gasteiger partial charge in [0.05, 0.1) is 17.5 Å². The molecule has 0 saturated heterocycles. The van der Waals surface area contributed by atoms with E-state index in [0.717, 1.165) is 12.1 Å². The van der Waals surface area contributed by atoms with Crippen molar-refractivity contribution in [2.45, 2.75) is 19.5 Å². The molecule has 1 N–H and O–H groups in total.